The highest BCUT2D eigenvalue weighted by molar-refractivity contribution is 7.16. The number of rotatable bonds is 3. The van der Waals surface area contributed by atoms with Crippen molar-refractivity contribution in [1.29, 1.82) is 0 Å². The lowest BCUT2D eigenvalue weighted by Crippen LogP contribution is -2.40. The first-order chi connectivity index (χ1) is 16.5. The third kappa shape index (κ3) is 3.21. The van der Waals surface area contributed by atoms with Gasteiger partial charge in [0.05, 0.1) is 29.2 Å². The minimum Gasteiger partial charge on any atom is -0.458 e. The van der Waals surface area contributed by atoms with Gasteiger partial charge in [-0.15, -0.1) is 11.3 Å². The molecule has 0 saturated carbocycles. The minimum atomic E-state index is -0.755. The Labute approximate surface area is 194 Å². The number of aromatic nitrogens is 3. The van der Waals surface area contributed by atoms with E-state index in [0.29, 0.717) is 35.4 Å². The van der Waals surface area contributed by atoms with Crippen LogP contribution in [-0.4, -0.2) is 32.3 Å². The molecule has 2 aromatic carbocycles. The van der Waals surface area contributed by atoms with E-state index in [0.717, 1.165) is 29.2 Å². The van der Waals surface area contributed by atoms with E-state index in [1.807, 2.05) is 0 Å². The van der Waals surface area contributed by atoms with Crippen molar-refractivity contribution in [3.8, 4) is 10.6 Å². The number of hydrogen-bond acceptors (Lipinski definition) is 5. The zero-order valence-electron chi connectivity index (χ0n) is 17.4. The molecule has 0 fully saturated rings. The predicted molar refractivity (Wildman–Crippen MR) is 119 cm³/mol. The molecule has 170 valence electrons. The number of amides is 1. The van der Waals surface area contributed by atoms with Gasteiger partial charge in [0.25, 0.3) is 5.91 Å². The maximum Gasteiger partial charge on any atom is 0.266 e. The van der Waals surface area contributed by atoms with Crippen LogP contribution in [-0.2, 0) is 6.42 Å². The molecule has 1 aliphatic heterocycles. The first kappa shape index (κ1) is 20.7. The molecule has 34 heavy (non-hydrogen) atoms. The summed E-state index contributed by atoms with van der Waals surface area (Å²) in [5.74, 6) is -1.96. The van der Waals surface area contributed by atoms with Gasteiger partial charge < -0.3 is 14.3 Å². The van der Waals surface area contributed by atoms with Crippen molar-refractivity contribution in [3.05, 3.63) is 94.5 Å². The van der Waals surface area contributed by atoms with Crippen LogP contribution in [0, 0.1) is 17.5 Å². The van der Waals surface area contributed by atoms with Crippen molar-refractivity contribution in [1.82, 2.24) is 19.9 Å². The van der Waals surface area contributed by atoms with Gasteiger partial charge in [0, 0.05) is 18.7 Å². The van der Waals surface area contributed by atoms with Gasteiger partial charge in [-0.1, -0.05) is 12.1 Å². The van der Waals surface area contributed by atoms with E-state index in [9.17, 15) is 18.0 Å². The van der Waals surface area contributed by atoms with E-state index in [1.54, 1.807) is 29.4 Å². The molecule has 0 spiro atoms. The van der Waals surface area contributed by atoms with Gasteiger partial charge in [-0.2, -0.15) is 0 Å². The molecule has 6 rings (SSSR count). The standard InChI is InChI=1S/C24H15F3N4O2S/c25-13-3-2-6-17-12(13)9-18(33-17)22-21-16(29-11-30-21)7-8-31(22)24(32)19-10-28-23(34-19)20-14(26)4-1-5-15(20)27/h1-6,9-11,22H,7-8H2,(H,29,30)/t22-/m1/s1. The Morgan fingerprint density at radius 2 is 1.85 bits per heavy atom. The Hall–Kier alpha value is -3.92. The number of benzene rings is 2. The molecule has 1 N–H and O–H groups in total. The van der Waals surface area contributed by atoms with Crippen molar-refractivity contribution < 1.29 is 22.4 Å². The van der Waals surface area contributed by atoms with Gasteiger partial charge in [0.15, 0.2) is 0 Å². The van der Waals surface area contributed by atoms with Gasteiger partial charge in [-0.25, -0.2) is 23.1 Å². The summed E-state index contributed by atoms with van der Waals surface area (Å²) in [4.78, 5) is 26.9. The summed E-state index contributed by atoms with van der Waals surface area (Å²) in [5, 5.41) is 0.376. The monoisotopic (exact) mass is 480 g/mol. The lowest BCUT2D eigenvalue weighted by Gasteiger charge is -2.33. The Morgan fingerprint density at radius 1 is 1.09 bits per heavy atom. The summed E-state index contributed by atoms with van der Waals surface area (Å²) >= 11 is 0.903. The van der Waals surface area contributed by atoms with Crippen LogP contribution in [0.4, 0.5) is 13.2 Å². The maximum atomic E-state index is 14.3. The molecule has 0 saturated heterocycles. The van der Waals surface area contributed by atoms with Crippen LogP contribution < -0.4 is 0 Å². The first-order valence-electron chi connectivity index (χ1n) is 10.4. The predicted octanol–water partition coefficient (Wildman–Crippen LogP) is 5.48. The maximum absolute atomic E-state index is 14.3. The Balaban J connectivity index is 1.41. The second-order valence-corrected chi connectivity index (χ2v) is 8.87. The second-order valence-electron chi connectivity index (χ2n) is 7.84. The summed E-state index contributed by atoms with van der Waals surface area (Å²) in [6, 6.07) is 8.96. The van der Waals surface area contributed by atoms with Crippen LogP contribution in [0.25, 0.3) is 21.5 Å². The number of furan rings is 1. The van der Waals surface area contributed by atoms with Crippen LogP contribution in [0.15, 0.2) is 59.4 Å². The number of imidazole rings is 1. The summed E-state index contributed by atoms with van der Waals surface area (Å²) in [6.07, 6.45) is 3.38. The fraction of sp³-hybridized carbons (Fsp3) is 0.125. The van der Waals surface area contributed by atoms with E-state index in [2.05, 4.69) is 15.0 Å². The molecule has 4 heterocycles. The molecule has 6 nitrogen and oxygen atoms in total. The molecule has 0 radical (unpaired) electrons. The number of carbonyl (C=O) groups excluding carboxylic acids is 1. The smallest absolute Gasteiger partial charge is 0.266 e. The molecule has 1 aliphatic rings. The number of nitrogens with zero attached hydrogens (tertiary/aromatic N) is 3. The first-order valence-corrected chi connectivity index (χ1v) is 11.2. The van der Waals surface area contributed by atoms with E-state index >= 15 is 0 Å². The van der Waals surface area contributed by atoms with Gasteiger partial charge in [-0.3, -0.25) is 4.79 Å². The van der Waals surface area contributed by atoms with Crippen molar-refractivity contribution in [2.75, 3.05) is 6.54 Å². The van der Waals surface area contributed by atoms with Crippen LogP contribution in [0.1, 0.15) is 32.9 Å². The van der Waals surface area contributed by atoms with Crippen molar-refractivity contribution in [2.24, 2.45) is 0 Å². The average molecular weight is 480 g/mol. The number of H-pyrrole nitrogens is 1. The number of nitrogens with one attached hydrogen (secondary N) is 1. The van der Waals surface area contributed by atoms with E-state index in [1.165, 1.54) is 18.3 Å². The fourth-order valence-electron chi connectivity index (χ4n) is 4.30. The van der Waals surface area contributed by atoms with Crippen LogP contribution >= 0.6 is 11.3 Å². The molecule has 0 unspecified atom stereocenters. The zero-order valence-corrected chi connectivity index (χ0v) is 18.2. The van der Waals surface area contributed by atoms with E-state index < -0.39 is 23.5 Å². The van der Waals surface area contributed by atoms with Gasteiger partial charge in [0.2, 0.25) is 0 Å². The van der Waals surface area contributed by atoms with Crippen LogP contribution in [0.5, 0.6) is 0 Å². The molecule has 10 heteroatoms. The molecule has 1 amide bonds. The molecule has 1 atom stereocenters. The summed E-state index contributed by atoms with van der Waals surface area (Å²) in [7, 11) is 0. The normalized spacial score (nSPS) is 15.6. The number of hydrogen-bond donors (Lipinski definition) is 1. The Morgan fingerprint density at radius 3 is 2.65 bits per heavy atom. The third-order valence-corrected chi connectivity index (χ3v) is 6.88. The SMILES string of the molecule is O=C(c1cnc(-c2c(F)cccc2F)s1)N1CCc2[nH]cnc2[C@H]1c1cc2c(F)cccc2o1. The van der Waals surface area contributed by atoms with Crippen molar-refractivity contribution >= 4 is 28.2 Å². The number of fused-ring (bicyclic) bond motifs is 2. The Bertz CT molecular complexity index is 1540. The number of aromatic amines is 1. The minimum absolute atomic E-state index is 0.0683. The molecule has 0 aliphatic carbocycles. The largest absolute Gasteiger partial charge is 0.458 e. The second kappa shape index (κ2) is 7.84. The third-order valence-electron chi connectivity index (χ3n) is 5.88. The highest BCUT2D eigenvalue weighted by Crippen LogP contribution is 2.39. The van der Waals surface area contributed by atoms with Crippen LogP contribution in [0.2, 0.25) is 0 Å². The molecular formula is C24H15F3N4O2S. The quantitative estimate of drug-likeness (QED) is 0.371. The van der Waals surface area contributed by atoms with E-state index in [4.69, 9.17) is 4.42 Å². The van der Waals surface area contributed by atoms with Gasteiger partial charge in [-0.05, 0) is 30.3 Å². The highest BCUT2D eigenvalue weighted by atomic mass is 32.1. The fourth-order valence-corrected chi connectivity index (χ4v) is 5.22. The number of halogens is 3. The van der Waals surface area contributed by atoms with Gasteiger partial charge in [0.1, 0.15) is 44.7 Å². The topological polar surface area (TPSA) is 75.0 Å². The number of carbonyl (C=O) groups is 1. The summed E-state index contributed by atoms with van der Waals surface area (Å²) in [5.41, 5.74) is 1.54. The van der Waals surface area contributed by atoms with Crippen molar-refractivity contribution in [2.45, 2.75) is 12.5 Å². The van der Waals surface area contributed by atoms with E-state index in [-0.39, 0.29) is 21.4 Å². The van der Waals surface area contributed by atoms with Crippen LogP contribution in [0.3, 0.4) is 0 Å². The van der Waals surface area contributed by atoms with Crippen molar-refractivity contribution in [3.63, 3.8) is 0 Å². The molecule has 0 bridgehead atoms. The lowest BCUT2D eigenvalue weighted by atomic mass is 10.00. The summed E-state index contributed by atoms with van der Waals surface area (Å²) in [6.45, 7) is 0.333. The Kier molecular flexibility index (Phi) is 4.77. The molecule has 3 aromatic heterocycles. The lowest BCUT2D eigenvalue weighted by molar-refractivity contribution is 0.0677. The highest BCUT2D eigenvalue weighted by Gasteiger charge is 2.37. The summed E-state index contributed by atoms with van der Waals surface area (Å²) < 4.78 is 48.7. The van der Waals surface area contributed by atoms with Gasteiger partial charge >= 0.3 is 0 Å². The zero-order chi connectivity index (χ0) is 23.4. The number of thiazole rings is 1. The molecule has 5 aromatic rings. The molecular weight excluding hydrogens is 465 g/mol. The average Bonchev–Trinajstić information content (AvgIpc) is 3.57.